The van der Waals surface area contributed by atoms with Crippen LogP contribution < -0.4 is 5.73 Å². The molecule has 0 unspecified atom stereocenters. The number of nitrogens with zero attached hydrogens (tertiary/aromatic N) is 2. The Bertz CT molecular complexity index is 1140. The van der Waals surface area contributed by atoms with Crippen LogP contribution in [-0.4, -0.2) is 4.98 Å². The number of halogens is 5. The minimum atomic E-state index is -2.28. The third kappa shape index (κ3) is 2.95. The molecular formula is C20H12F5N3. The number of benzene rings is 2. The SMILES string of the molecule is Cc1ccc(-c2cc(-c3c(F)c(F)c(F)c(F)c3F)c(C#N)c(N)n2)cc1C. The normalized spacial score (nSPS) is 10.8. The molecule has 0 atom stereocenters. The first-order valence-electron chi connectivity index (χ1n) is 7.97. The number of nitriles is 1. The first-order valence-corrected chi connectivity index (χ1v) is 7.97. The van der Waals surface area contributed by atoms with Gasteiger partial charge in [-0.15, -0.1) is 0 Å². The number of hydrogen-bond acceptors (Lipinski definition) is 3. The van der Waals surface area contributed by atoms with Crippen molar-refractivity contribution in [2.45, 2.75) is 13.8 Å². The summed E-state index contributed by atoms with van der Waals surface area (Å²) < 4.78 is 69.3. The number of nitrogens with two attached hydrogens (primary N) is 1. The quantitative estimate of drug-likeness (QED) is 0.373. The third-order valence-electron chi connectivity index (χ3n) is 4.44. The maximum atomic E-state index is 14.3. The molecule has 2 aromatic carbocycles. The molecule has 3 nitrogen and oxygen atoms in total. The predicted octanol–water partition coefficient (Wildman–Crippen LogP) is 5.18. The van der Waals surface area contributed by atoms with E-state index < -0.39 is 51.6 Å². The van der Waals surface area contributed by atoms with Crippen LogP contribution in [0.25, 0.3) is 22.4 Å². The van der Waals surface area contributed by atoms with Gasteiger partial charge in [0.25, 0.3) is 0 Å². The average Bonchev–Trinajstić information content (AvgIpc) is 2.67. The van der Waals surface area contributed by atoms with Gasteiger partial charge in [0.1, 0.15) is 17.5 Å². The lowest BCUT2D eigenvalue weighted by Gasteiger charge is -2.13. The second-order valence-electron chi connectivity index (χ2n) is 6.17. The number of pyridine rings is 1. The van der Waals surface area contributed by atoms with Crippen LogP contribution in [-0.2, 0) is 0 Å². The van der Waals surface area contributed by atoms with Crippen molar-refractivity contribution in [3.8, 4) is 28.5 Å². The molecule has 0 aliphatic heterocycles. The summed E-state index contributed by atoms with van der Waals surface area (Å²) in [6.07, 6.45) is 0. The van der Waals surface area contributed by atoms with Gasteiger partial charge in [-0.1, -0.05) is 12.1 Å². The summed E-state index contributed by atoms with van der Waals surface area (Å²) in [7, 11) is 0. The third-order valence-corrected chi connectivity index (χ3v) is 4.44. The highest BCUT2D eigenvalue weighted by Gasteiger charge is 2.29. The molecule has 8 heteroatoms. The number of hydrogen-bond donors (Lipinski definition) is 1. The van der Waals surface area contributed by atoms with Gasteiger partial charge in [0, 0.05) is 11.1 Å². The number of anilines is 1. The van der Waals surface area contributed by atoms with E-state index in [1.165, 1.54) is 0 Å². The Morgan fingerprint density at radius 3 is 1.96 bits per heavy atom. The average molecular weight is 389 g/mol. The second kappa shape index (κ2) is 6.93. The number of aryl methyl sites for hydroxylation is 2. The van der Waals surface area contributed by atoms with Crippen LogP contribution >= 0.6 is 0 Å². The molecule has 0 aliphatic rings. The monoisotopic (exact) mass is 389 g/mol. The van der Waals surface area contributed by atoms with Crippen molar-refractivity contribution < 1.29 is 22.0 Å². The molecule has 1 heterocycles. The van der Waals surface area contributed by atoms with Gasteiger partial charge in [0.05, 0.1) is 11.3 Å². The largest absolute Gasteiger partial charge is 0.383 e. The fourth-order valence-corrected chi connectivity index (χ4v) is 2.77. The van der Waals surface area contributed by atoms with E-state index in [2.05, 4.69) is 4.98 Å². The lowest BCUT2D eigenvalue weighted by atomic mass is 9.96. The van der Waals surface area contributed by atoms with E-state index >= 15 is 0 Å². The Morgan fingerprint density at radius 1 is 0.857 bits per heavy atom. The maximum Gasteiger partial charge on any atom is 0.200 e. The molecule has 3 rings (SSSR count). The summed E-state index contributed by atoms with van der Waals surface area (Å²) in [5, 5.41) is 9.30. The Labute approximate surface area is 156 Å². The summed E-state index contributed by atoms with van der Waals surface area (Å²) in [4.78, 5) is 4.04. The Hall–Kier alpha value is -3.47. The maximum absolute atomic E-state index is 14.3. The zero-order chi connectivity index (χ0) is 20.7. The molecule has 0 amide bonds. The van der Waals surface area contributed by atoms with Gasteiger partial charge in [0.15, 0.2) is 23.3 Å². The topological polar surface area (TPSA) is 62.7 Å². The first-order chi connectivity index (χ1) is 13.2. The molecule has 0 radical (unpaired) electrons. The highest BCUT2D eigenvalue weighted by Crippen LogP contribution is 2.37. The summed E-state index contributed by atoms with van der Waals surface area (Å²) >= 11 is 0. The van der Waals surface area contributed by atoms with Gasteiger partial charge >= 0.3 is 0 Å². The van der Waals surface area contributed by atoms with Crippen LogP contribution in [0.1, 0.15) is 16.7 Å². The van der Waals surface area contributed by atoms with Crippen molar-refractivity contribution in [3.05, 3.63) is 70.0 Å². The second-order valence-corrected chi connectivity index (χ2v) is 6.17. The van der Waals surface area contributed by atoms with Crippen LogP contribution in [0.4, 0.5) is 27.8 Å². The van der Waals surface area contributed by atoms with Crippen LogP contribution in [0.2, 0.25) is 0 Å². The smallest absolute Gasteiger partial charge is 0.200 e. The molecule has 2 N–H and O–H groups in total. The minimum absolute atomic E-state index is 0.124. The lowest BCUT2D eigenvalue weighted by Crippen LogP contribution is -2.07. The van der Waals surface area contributed by atoms with E-state index in [9.17, 15) is 27.2 Å². The molecule has 0 saturated heterocycles. The summed E-state index contributed by atoms with van der Waals surface area (Å²) in [6.45, 7) is 3.71. The summed E-state index contributed by atoms with van der Waals surface area (Å²) in [5.74, 6) is -11.0. The van der Waals surface area contributed by atoms with Crippen molar-refractivity contribution >= 4 is 5.82 Å². The molecule has 0 spiro atoms. The highest BCUT2D eigenvalue weighted by molar-refractivity contribution is 5.81. The zero-order valence-electron chi connectivity index (χ0n) is 14.7. The highest BCUT2D eigenvalue weighted by atomic mass is 19.2. The molecule has 142 valence electrons. The van der Waals surface area contributed by atoms with Crippen molar-refractivity contribution in [3.63, 3.8) is 0 Å². The fourth-order valence-electron chi connectivity index (χ4n) is 2.77. The van der Waals surface area contributed by atoms with Gasteiger partial charge in [-0.3, -0.25) is 0 Å². The molecule has 1 aromatic heterocycles. The van der Waals surface area contributed by atoms with Crippen molar-refractivity contribution in [2.24, 2.45) is 0 Å². The van der Waals surface area contributed by atoms with Crippen molar-refractivity contribution in [1.29, 1.82) is 5.26 Å². The molecule has 28 heavy (non-hydrogen) atoms. The van der Waals surface area contributed by atoms with Crippen LogP contribution in [0.5, 0.6) is 0 Å². The van der Waals surface area contributed by atoms with Crippen LogP contribution in [0.15, 0.2) is 24.3 Å². The van der Waals surface area contributed by atoms with Gasteiger partial charge < -0.3 is 5.73 Å². The molecule has 3 aromatic rings. The van der Waals surface area contributed by atoms with E-state index in [-0.39, 0.29) is 5.69 Å². The number of nitrogen functional groups attached to an aromatic ring is 1. The summed E-state index contributed by atoms with van der Waals surface area (Å²) in [5.41, 5.74) is 5.98. The van der Waals surface area contributed by atoms with Gasteiger partial charge in [-0.2, -0.15) is 5.26 Å². The Kier molecular flexibility index (Phi) is 4.77. The van der Waals surface area contributed by atoms with Gasteiger partial charge in [-0.05, 0) is 37.1 Å². The lowest BCUT2D eigenvalue weighted by molar-refractivity contribution is 0.381. The standard InChI is InChI=1S/C20H12F5N3/c1-8-3-4-10(5-9(8)2)13-6-11(12(7-26)20(27)28-13)14-15(21)17(23)19(25)18(24)16(14)22/h3-6H,1-2H3,(H2,27,28). The fraction of sp³-hybridized carbons (Fsp3) is 0.100. The van der Waals surface area contributed by atoms with Crippen LogP contribution in [0, 0.1) is 54.3 Å². The molecule has 0 aliphatic carbocycles. The van der Waals surface area contributed by atoms with E-state index in [0.717, 1.165) is 17.2 Å². The van der Waals surface area contributed by atoms with Gasteiger partial charge in [-0.25, -0.2) is 26.9 Å². The van der Waals surface area contributed by atoms with E-state index in [4.69, 9.17) is 5.73 Å². The minimum Gasteiger partial charge on any atom is -0.383 e. The number of rotatable bonds is 2. The predicted molar refractivity (Wildman–Crippen MR) is 93.5 cm³/mol. The molecule has 0 bridgehead atoms. The van der Waals surface area contributed by atoms with Crippen molar-refractivity contribution in [2.75, 3.05) is 5.73 Å². The first kappa shape index (κ1) is 19.3. The Balaban J connectivity index is 2.38. The molecule has 0 fully saturated rings. The molecule has 0 saturated carbocycles. The van der Waals surface area contributed by atoms with E-state index in [1.54, 1.807) is 24.3 Å². The number of aromatic nitrogens is 1. The van der Waals surface area contributed by atoms with E-state index in [1.807, 2.05) is 13.8 Å². The zero-order valence-corrected chi connectivity index (χ0v) is 14.7. The van der Waals surface area contributed by atoms with Gasteiger partial charge in [0.2, 0.25) is 5.82 Å². The van der Waals surface area contributed by atoms with Crippen molar-refractivity contribution in [1.82, 2.24) is 4.98 Å². The van der Waals surface area contributed by atoms with Crippen LogP contribution in [0.3, 0.4) is 0 Å². The molecular weight excluding hydrogens is 377 g/mol. The van der Waals surface area contributed by atoms with E-state index in [0.29, 0.717) is 5.56 Å². The summed E-state index contributed by atoms with van der Waals surface area (Å²) in [6, 6.07) is 7.86. The Morgan fingerprint density at radius 2 is 1.43 bits per heavy atom.